The lowest BCUT2D eigenvalue weighted by molar-refractivity contribution is 0.0541. The molecule has 0 saturated heterocycles. The molecule has 4 rings (SSSR count). The molecular weight excluding hydrogens is 426 g/mol. The second-order valence-electron chi connectivity index (χ2n) is 8.42. The van der Waals surface area contributed by atoms with Crippen LogP contribution in [0.25, 0.3) is 0 Å². The summed E-state index contributed by atoms with van der Waals surface area (Å²) in [6, 6.07) is 8.57. The van der Waals surface area contributed by atoms with Crippen molar-refractivity contribution < 1.29 is 23.9 Å². The van der Waals surface area contributed by atoms with Gasteiger partial charge < -0.3 is 14.8 Å². The van der Waals surface area contributed by atoms with Gasteiger partial charge in [-0.15, -0.1) is 5.10 Å². The molecule has 0 bridgehead atoms. The minimum atomic E-state index is -0.737. The summed E-state index contributed by atoms with van der Waals surface area (Å²) in [5.74, 6) is -0.452. The number of carbonyl (C=O) groups excluding carboxylic acids is 3. The van der Waals surface area contributed by atoms with Crippen LogP contribution >= 0.6 is 0 Å². The van der Waals surface area contributed by atoms with Crippen LogP contribution in [0, 0.1) is 29.1 Å². The van der Waals surface area contributed by atoms with Crippen LogP contribution in [0.4, 0.5) is 0 Å². The Labute approximate surface area is 190 Å². The number of methoxy groups -OCH3 is 2. The maximum absolute atomic E-state index is 12.7. The predicted molar refractivity (Wildman–Crippen MR) is 114 cm³/mol. The third-order valence-corrected chi connectivity index (χ3v) is 6.78. The van der Waals surface area contributed by atoms with Crippen molar-refractivity contribution in [3.8, 4) is 6.07 Å². The quantitative estimate of drug-likeness (QED) is 0.632. The zero-order valence-electron chi connectivity index (χ0n) is 18.6. The highest BCUT2D eigenvalue weighted by Gasteiger charge is 2.59. The first-order valence-electron chi connectivity index (χ1n) is 10.9. The van der Waals surface area contributed by atoms with Crippen LogP contribution in [0.3, 0.4) is 0 Å². The monoisotopic (exact) mass is 451 g/mol. The molecule has 0 aliphatic heterocycles. The topological polar surface area (TPSA) is 136 Å². The van der Waals surface area contributed by atoms with Gasteiger partial charge >= 0.3 is 11.9 Å². The highest BCUT2D eigenvalue weighted by molar-refractivity contribution is 6.00. The van der Waals surface area contributed by atoms with Crippen LogP contribution < -0.4 is 5.32 Å². The lowest BCUT2D eigenvalue weighted by atomic mass is 9.98. The Hall–Kier alpha value is -3.74. The second kappa shape index (κ2) is 9.02. The molecule has 2 saturated carbocycles. The minimum Gasteiger partial charge on any atom is -0.464 e. The lowest BCUT2D eigenvalue weighted by Crippen LogP contribution is -2.37. The highest BCUT2D eigenvalue weighted by Crippen LogP contribution is 2.62. The van der Waals surface area contributed by atoms with E-state index in [1.165, 1.54) is 18.9 Å². The summed E-state index contributed by atoms with van der Waals surface area (Å²) in [7, 11) is 2.46. The van der Waals surface area contributed by atoms with Crippen LogP contribution in [0.2, 0.25) is 0 Å². The largest absolute Gasteiger partial charge is 0.464 e. The van der Waals surface area contributed by atoms with E-state index in [4.69, 9.17) is 14.7 Å². The van der Waals surface area contributed by atoms with E-state index in [1.807, 2.05) is 13.0 Å². The van der Waals surface area contributed by atoms with Gasteiger partial charge in [0.05, 0.1) is 31.9 Å². The Kier molecular flexibility index (Phi) is 6.14. The van der Waals surface area contributed by atoms with Crippen LogP contribution in [0.1, 0.15) is 69.1 Å². The van der Waals surface area contributed by atoms with Crippen molar-refractivity contribution in [3.05, 3.63) is 46.8 Å². The molecule has 1 aromatic heterocycles. The van der Waals surface area contributed by atoms with E-state index in [2.05, 4.69) is 15.6 Å². The van der Waals surface area contributed by atoms with Crippen molar-refractivity contribution in [2.24, 2.45) is 17.8 Å². The number of hydrogen-bond donors (Lipinski definition) is 1. The van der Waals surface area contributed by atoms with Crippen LogP contribution in [0.15, 0.2) is 24.3 Å². The van der Waals surface area contributed by atoms with Crippen LogP contribution in [0.5, 0.6) is 0 Å². The molecule has 1 N–H and O–H groups in total. The fourth-order valence-electron chi connectivity index (χ4n) is 5.15. The Balaban J connectivity index is 1.43. The summed E-state index contributed by atoms with van der Waals surface area (Å²) in [6.07, 6.45) is 2.34. The van der Waals surface area contributed by atoms with Gasteiger partial charge in [0.25, 0.3) is 5.91 Å². The van der Waals surface area contributed by atoms with Gasteiger partial charge in [-0.25, -0.2) is 14.3 Å². The Bertz CT molecular complexity index is 1110. The first-order chi connectivity index (χ1) is 15.9. The van der Waals surface area contributed by atoms with E-state index in [-0.39, 0.29) is 29.4 Å². The highest BCUT2D eigenvalue weighted by atomic mass is 16.5. The standard InChI is InChI=1S/C23H25N5O5/c1-4-17(25-21(29)13-7-5-12(11-24)6-8-13)18-15-9-14(10-16(15)18)28-20(23(31)33-3)19(26-27-28)22(30)32-2/h5-8,14-18H,4,9-10H2,1-3H3,(H,25,29)/t14?,15-,16+,17-,18?/m1/s1. The molecule has 0 spiro atoms. The summed E-state index contributed by atoms with van der Waals surface area (Å²) >= 11 is 0. The number of nitriles is 1. The van der Waals surface area contributed by atoms with E-state index in [0.29, 0.717) is 28.9 Å². The van der Waals surface area contributed by atoms with Gasteiger partial charge in [0.15, 0.2) is 5.69 Å². The average molecular weight is 451 g/mol. The van der Waals surface area contributed by atoms with E-state index < -0.39 is 11.9 Å². The third-order valence-electron chi connectivity index (χ3n) is 6.78. The summed E-state index contributed by atoms with van der Waals surface area (Å²) in [5, 5.41) is 20.0. The molecule has 5 atom stereocenters. The van der Waals surface area contributed by atoms with E-state index in [1.54, 1.807) is 24.3 Å². The minimum absolute atomic E-state index is 0.00774. The summed E-state index contributed by atoms with van der Waals surface area (Å²) < 4.78 is 11.0. The van der Waals surface area contributed by atoms with Crippen LogP contribution in [-0.4, -0.2) is 53.1 Å². The molecule has 1 amide bonds. The average Bonchev–Trinajstić information content (AvgIpc) is 3.19. The van der Waals surface area contributed by atoms with Gasteiger partial charge in [-0.1, -0.05) is 12.1 Å². The van der Waals surface area contributed by atoms with Crippen molar-refractivity contribution in [1.82, 2.24) is 20.3 Å². The zero-order chi connectivity index (χ0) is 23.7. The van der Waals surface area contributed by atoms with Gasteiger partial charge in [0.2, 0.25) is 5.69 Å². The Morgan fingerprint density at radius 2 is 1.79 bits per heavy atom. The number of hydrogen-bond acceptors (Lipinski definition) is 8. The second-order valence-corrected chi connectivity index (χ2v) is 8.42. The lowest BCUT2D eigenvalue weighted by Gasteiger charge is -2.22. The summed E-state index contributed by atoms with van der Waals surface area (Å²) in [6.45, 7) is 2.05. The molecule has 0 radical (unpaired) electrons. The van der Waals surface area contributed by atoms with Gasteiger partial charge in [-0.3, -0.25) is 4.79 Å². The van der Waals surface area contributed by atoms with Gasteiger partial charge in [0, 0.05) is 11.6 Å². The van der Waals surface area contributed by atoms with Crippen molar-refractivity contribution in [1.29, 1.82) is 5.26 Å². The molecule has 2 aliphatic carbocycles. The Morgan fingerprint density at radius 1 is 1.15 bits per heavy atom. The number of amides is 1. The third kappa shape index (κ3) is 4.06. The number of rotatable bonds is 7. The maximum Gasteiger partial charge on any atom is 0.361 e. The number of carbonyl (C=O) groups is 3. The summed E-state index contributed by atoms with van der Waals surface area (Å²) in [4.78, 5) is 37.0. The van der Waals surface area contributed by atoms with Crippen molar-refractivity contribution in [2.75, 3.05) is 14.2 Å². The molecule has 1 heterocycles. The Morgan fingerprint density at radius 3 is 2.33 bits per heavy atom. The van der Waals surface area contributed by atoms with Crippen molar-refractivity contribution >= 4 is 17.8 Å². The SMILES string of the molecule is CC[C@@H](NC(=O)c1ccc(C#N)cc1)C1[C@H]2CC(n3nnc(C(=O)OC)c3C(=O)OC)C[C@@H]12. The van der Waals surface area contributed by atoms with Crippen molar-refractivity contribution in [2.45, 2.75) is 38.3 Å². The number of benzene rings is 1. The molecule has 2 aromatic rings. The zero-order valence-corrected chi connectivity index (χ0v) is 18.6. The fraction of sp³-hybridized carbons (Fsp3) is 0.478. The number of aromatic nitrogens is 3. The number of ether oxygens (including phenoxy) is 2. The van der Waals surface area contributed by atoms with Crippen LogP contribution in [-0.2, 0) is 9.47 Å². The molecule has 172 valence electrons. The number of fused-ring (bicyclic) bond motifs is 1. The molecule has 33 heavy (non-hydrogen) atoms. The first-order valence-corrected chi connectivity index (χ1v) is 10.9. The predicted octanol–water partition coefficient (Wildman–Crippen LogP) is 2.13. The molecule has 2 fully saturated rings. The smallest absolute Gasteiger partial charge is 0.361 e. The summed E-state index contributed by atoms with van der Waals surface area (Å²) in [5.41, 5.74) is 0.893. The first kappa shape index (κ1) is 22.5. The molecule has 10 nitrogen and oxygen atoms in total. The number of nitrogens with one attached hydrogen (secondary N) is 1. The molecule has 1 aromatic carbocycles. The molecule has 2 unspecified atom stereocenters. The fourth-order valence-corrected chi connectivity index (χ4v) is 5.15. The molecular formula is C23H25N5O5. The van der Waals surface area contributed by atoms with Gasteiger partial charge in [-0.05, 0) is 61.3 Å². The van der Waals surface area contributed by atoms with E-state index in [0.717, 1.165) is 19.3 Å². The van der Waals surface area contributed by atoms with Crippen molar-refractivity contribution in [3.63, 3.8) is 0 Å². The van der Waals surface area contributed by atoms with E-state index in [9.17, 15) is 14.4 Å². The normalized spacial score (nSPS) is 23.7. The van der Waals surface area contributed by atoms with Gasteiger partial charge in [0.1, 0.15) is 0 Å². The van der Waals surface area contributed by atoms with E-state index >= 15 is 0 Å². The molecule has 10 heteroatoms. The maximum atomic E-state index is 12.7. The van der Waals surface area contributed by atoms with Gasteiger partial charge in [-0.2, -0.15) is 5.26 Å². The number of esters is 2. The number of nitrogens with zero attached hydrogens (tertiary/aromatic N) is 4. The molecule has 2 aliphatic rings.